The van der Waals surface area contributed by atoms with Gasteiger partial charge in [0.2, 0.25) is 21.8 Å². The number of nitrogens with one attached hydrogen (secondary N) is 1. The molecule has 33 heavy (non-hydrogen) atoms. The molecule has 11 heteroatoms. The fraction of sp³-hybridized carbons (Fsp3) is 0.364. The summed E-state index contributed by atoms with van der Waals surface area (Å²) in [6.45, 7) is 4.41. The smallest absolute Gasteiger partial charge is 0.227 e. The number of hydrogen-bond donors (Lipinski definition) is 1. The van der Waals surface area contributed by atoms with Gasteiger partial charge in [-0.05, 0) is 51.0 Å². The highest BCUT2D eigenvalue weighted by Gasteiger charge is 2.28. The van der Waals surface area contributed by atoms with Crippen molar-refractivity contribution in [3.63, 3.8) is 0 Å². The average Bonchev–Trinajstić information content (AvgIpc) is 3.20. The van der Waals surface area contributed by atoms with Gasteiger partial charge in [-0.3, -0.25) is 9.36 Å². The van der Waals surface area contributed by atoms with Gasteiger partial charge in [0.15, 0.2) is 0 Å². The van der Waals surface area contributed by atoms with Gasteiger partial charge < -0.3 is 10.1 Å². The number of carbonyl (C=O) groups excluding carboxylic acids is 1. The molecule has 10 nitrogen and oxygen atoms in total. The topological polar surface area (TPSA) is 119 Å². The van der Waals surface area contributed by atoms with Gasteiger partial charge in [0.1, 0.15) is 23.2 Å². The molecule has 3 heterocycles. The number of ether oxygens (including phenoxy) is 1. The Morgan fingerprint density at radius 3 is 2.42 bits per heavy atom. The number of carbonyl (C=O) groups is 1. The molecule has 0 saturated carbocycles. The molecule has 0 radical (unpaired) electrons. The van der Waals surface area contributed by atoms with Crippen molar-refractivity contribution in [2.24, 2.45) is 5.92 Å². The highest BCUT2D eigenvalue weighted by Crippen LogP contribution is 2.25. The third kappa shape index (κ3) is 5.55. The molecule has 0 aliphatic carbocycles. The van der Waals surface area contributed by atoms with E-state index in [9.17, 15) is 13.2 Å². The Kier molecular flexibility index (Phi) is 6.43. The van der Waals surface area contributed by atoms with Gasteiger partial charge in [0.25, 0.3) is 0 Å². The van der Waals surface area contributed by atoms with Crippen LogP contribution < -0.4 is 10.1 Å². The van der Waals surface area contributed by atoms with E-state index in [-0.39, 0.29) is 11.8 Å². The normalized spacial score (nSPS) is 15.4. The van der Waals surface area contributed by atoms with Crippen molar-refractivity contribution in [3.05, 3.63) is 54.4 Å². The highest BCUT2D eigenvalue weighted by atomic mass is 32.2. The number of aryl methyl sites for hydroxylation is 2. The Bertz CT molecular complexity index is 1250. The first kappa shape index (κ1) is 22.9. The monoisotopic (exact) mass is 470 g/mol. The number of sulfonamides is 1. The lowest BCUT2D eigenvalue weighted by molar-refractivity contribution is -0.120. The minimum atomic E-state index is -3.21. The van der Waals surface area contributed by atoms with Gasteiger partial charge in [-0.2, -0.15) is 4.98 Å². The second-order valence-corrected chi connectivity index (χ2v) is 9.99. The Morgan fingerprint density at radius 2 is 1.82 bits per heavy atom. The minimum absolute atomic E-state index is 0.108. The van der Waals surface area contributed by atoms with Crippen LogP contribution >= 0.6 is 0 Å². The lowest BCUT2D eigenvalue weighted by atomic mass is 9.97. The van der Waals surface area contributed by atoms with E-state index < -0.39 is 10.0 Å². The molecule has 1 N–H and O–H groups in total. The van der Waals surface area contributed by atoms with Gasteiger partial charge in [-0.1, -0.05) is 0 Å². The minimum Gasteiger partial charge on any atom is -0.439 e. The fourth-order valence-electron chi connectivity index (χ4n) is 3.74. The van der Waals surface area contributed by atoms with Crippen LogP contribution in [0.1, 0.15) is 24.5 Å². The van der Waals surface area contributed by atoms with Crippen LogP contribution in [-0.2, 0) is 14.8 Å². The predicted octanol–water partition coefficient (Wildman–Crippen LogP) is 2.68. The van der Waals surface area contributed by atoms with E-state index in [0.29, 0.717) is 54.9 Å². The van der Waals surface area contributed by atoms with Gasteiger partial charge in [0.05, 0.1) is 6.26 Å². The number of anilines is 1. The second kappa shape index (κ2) is 9.28. The number of imidazole rings is 1. The highest BCUT2D eigenvalue weighted by molar-refractivity contribution is 7.88. The van der Waals surface area contributed by atoms with Crippen molar-refractivity contribution in [1.29, 1.82) is 0 Å². The summed E-state index contributed by atoms with van der Waals surface area (Å²) in [7, 11) is -3.21. The molecule has 1 aromatic carbocycles. The zero-order valence-corrected chi connectivity index (χ0v) is 19.5. The average molecular weight is 471 g/mol. The summed E-state index contributed by atoms with van der Waals surface area (Å²) < 4.78 is 32.4. The quantitative estimate of drug-likeness (QED) is 0.588. The van der Waals surface area contributed by atoms with Crippen LogP contribution in [0, 0.1) is 19.8 Å². The maximum Gasteiger partial charge on any atom is 0.227 e. The van der Waals surface area contributed by atoms with E-state index in [2.05, 4.69) is 20.3 Å². The molecule has 4 rings (SSSR count). The first-order valence-electron chi connectivity index (χ1n) is 10.6. The van der Waals surface area contributed by atoms with Gasteiger partial charge in [-0.15, -0.1) is 0 Å². The van der Waals surface area contributed by atoms with Crippen molar-refractivity contribution in [2.75, 3.05) is 24.7 Å². The third-order valence-electron chi connectivity index (χ3n) is 5.51. The standard InChI is InChI=1S/C22H26N6O4S/c1-15-24-20(28-13-10-23-16(28)2)14-21(25-15)32-19-6-4-18(5-7-19)26-22(29)17-8-11-27(12-9-17)33(3,30)31/h4-7,10,13-14,17H,8-9,11-12H2,1-3H3,(H,26,29). The number of piperidine rings is 1. The van der Waals surface area contributed by atoms with E-state index in [1.165, 1.54) is 10.6 Å². The molecule has 174 valence electrons. The van der Waals surface area contributed by atoms with E-state index in [4.69, 9.17) is 4.74 Å². The summed E-state index contributed by atoms with van der Waals surface area (Å²) in [6, 6.07) is 8.75. The van der Waals surface area contributed by atoms with Crippen molar-refractivity contribution >= 4 is 21.6 Å². The summed E-state index contributed by atoms with van der Waals surface area (Å²) in [5.41, 5.74) is 0.645. The molecule has 0 atom stereocenters. The number of nitrogens with zero attached hydrogens (tertiary/aromatic N) is 5. The maximum absolute atomic E-state index is 12.6. The number of hydrogen-bond acceptors (Lipinski definition) is 7. The molecular formula is C22H26N6O4S. The van der Waals surface area contributed by atoms with Crippen LogP contribution in [-0.4, -0.2) is 57.5 Å². The van der Waals surface area contributed by atoms with E-state index in [1.807, 2.05) is 17.7 Å². The van der Waals surface area contributed by atoms with Gasteiger partial charge in [0, 0.05) is 43.2 Å². The van der Waals surface area contributed by atoms with E-state index >= 15 is 0 Å². The molecule has 1 fully saturated rings. The molecule has 0 bridgehead atoms. The number of benzene rings is 1. The van der Waals surface area contributed by atoms with E-state index in [0.717, 1.165) is 5.82 Å². The zero-order chi connectivity index (χ0) is 23.6. The second-order valence-electron chi connectivity index (χ2n) is 8.01. The molecule has 1 aliphatic rings. The van der Waals surface area contributed by atoms with Crippen molar-refractivity contribution in [3.8, 4) is 17.4 Å². The number of amides is 1. The summed E-state index contributed by atoms with van der Waals surface area (Å²) in [6.07, 6.45) is 5.73. The fourth-order valence-corrected chi connectivity index (χ4v) is 4.62. The molecule has 1 amide bonds. The third-order valence-corrected chi connectivity index (χ3v) is 6.81. The Morgan fingerprint density at radius 1 is 1.12 bits per heavy atom. The van der Waals surface area contributed by atoms with E-state index in [1.54, 1.807) is 43.5 Å². The molecule has 1 aliphatic heterocycles. The molecule has 0 spiro atoms. The lowest BCUT2D eigenvalue weighted by Gasteiger charge is -2.29. The molecule has 3 aromatic rings. The predicted molar refractivity (Wildman–Crippen MR) is 123 cm³/mol. The van der Waals surface area contributed by atoms with Crippen molar-refractivity contribution in [2.45, 2.75) is 26.7 Å². The largest absolute Gasteiger partial charge is 0.439 e. The molecule has 0 unspecified atom stereocenters. The van der Waals surface area contributed by atoms with Crippen LogP contribution in [0.5, 0.6) is 11.6 Å². The summed E-state index contributed by atoms with van der Waals surface area (Å²) in [5, 5.41) is 2.90. The lowest BCUT2D eigenvalue weighted by Crippen LogP contribution is -2.40. The van der Waals surface area contributed by atoms with Gasteiger partial charge in [-0.25, -0.2) is 22.7 Å². The van der Waals surface area contributed by atoms with Crippen LogP contribution in [0.3, 0.4) is 0 Å². The van der Waals surface area contributed by atoms with Crippen molar-refractivity contribution in [1.82, 2.24) is 23.8 Å². The van der Waals surface area contributed by atoms with Crippen LogP contribution in [0.2, 0.25) is 0 Å². The Balaban J connectivity index is 1.38. The maximum atomic E-state index is 12.6. The Hall–Kier alpha value is -3.31. The number of aromatic nitrogens is 4. The molecule has 1 saturated heterocycles. The van der Waals surface area contributed by atoms with Crippen LogP contribution in [0.4, 0.5) is 5.69 Å². The first-order chi connectivity index (χ1) is 15.7. The molecular weight excluding hydrogens is 444 g/mol. The molecule has 2 aromatic heterocycles. The summed E-state index contributed by atoms with van der Waals surface area (Å²) in [5.74, 6) is 2.69. The Labute approximate surface area is 192 Å². The first-order valence-corrected chi connectivity index (χ1v) is 12.4. The SMILES string of the molecule is Cc1nc(Oc2ccc(NC(=O)C3CCN(S(C)(=O)=O)CC3)cc2)cc(-n2ccnc2C)n1. The zero-order valence-electron chi connectivity index (χ0n) is 18.7. The van der Waals surface area contributed by atoms with Crippen LogP contribution in [0.15, 0.2) is 42.7 Å². The number of rotatable bonds is 6. The van der Waals surface area contributed by atoms with Crippen molar-refractivity contribution < 1.29 is 17.9 Å². The summed E-state index contributed by atoms with van der Waals surface area (Å²) in [4.78, 5) is 25.6. The summed E-state index contributed by atoms with van der Waals surface area (Å²) >= 11 is 0. The van der Waals surface area contributed by atoms with Crippen LogP contribution in [0.25, 0.3) is 5.82 Å². The van der Waals surface area contributed by atoms with Gasteiger partial charge >= 0.3 is 0 Å².